The van der Waals surface area contributed by atoms with Gasteiger partial charge in [0.15, 0.2) is 0 Å². The number of nitrogens with zero attached hydrogens (tertiary/aromatic N) is 1. The van der Waals surface area contributed by atoms with E-state index >= 15 is 0 Å². The Labute approximate surface area is 171 Å². The van der Waals surface area contributed by atoms with Crippen molar-refractivity contribution < 1.29 is 13.9 Å². The van der Waals surface area contributed by atoms with Crippen molar-refractivity contribution in [2.24, 2.45) is 0 Å². The lowest BCUT2D eigenvalue weighted by molar-refractivity contribution is 0.0772. The van der Waals surface area contributed by atoms with Gasteiger partial charge >= 0.3 is 0 Å². The Bertz CT molecular complexity index is 926. The number of rotatable bonds is 4. The van der Waals surface area contributed by atoms with Crippen LogP contribution in [0.1, 0.15) is 48.2 Å². The topological polar surface area (TPSA) is 41.6 Å². The molecule has 5 heteroatoms. The number of ether oxygens (including phenoxy) is 1. The minimum atomic E-state index is -0.420. The molecule has 2 aliphatic rings. The van der Waals surface area contributed by atoms with Gasteiger partial charge in [-0.15, -0.1) is 0 Å². The molecule has 1 saturated heterocycles. The number of piperidine rings is 1. The Morgan fingerprint density at radius 3 is 2.45 bits per heavy atom. The molecule has 1 amide bonds. The number of nitrogens with one attached hydrogen (secondary N) is 1. The highest BCUT2D eigenvalue weighted by molar-refractivity contribution is 5.95. The molecule has 0 aliphatic carbocycles. The number of carbonyl (C=O) groups excluding carboxylic acids is 1. The van der Waals surface area contributed by atoms with Gasteiger partial charge in [-0.2, -0.15) is 0 Å². The summed E-state index contributed by atoms with van der Waals surface area (Å²) in [5, 5.41) is 3.36. The van der Waals surface area contributed by atoms with Gasteiger partial charge in [-0.05, 0) is 68.4 Å². The summed E-state index contributed by atoms with van der Waals surface area (Å²) in [4.78, 5) is 14.4. The summed E-state index contributed by atoms with van der Waals surface area (Å²) in [6.45, 7) is 7.03. The standard InChI is InChI=1S/C24H27FN2O2/c1-3-27(4-2)23(28)18-10-8-17(9-11-18)19-16-24(12-14-26-15-13-24)29-21-7-5-6-20(25)22(19)21/h5-11,16,26H,3-4,12-15H2,1-2H3. The number of benzene rings is 2. The van der Waals surface area contributed by atoms with Crippen molar-refractivity contribution in [1.29, 1.82) is 0 Å². The van der Waals surface area contributed by atoms with Crippen molar-refractivity contribution in [1.82, 2.24) is 10.2 Å². The highest BCUT2D eigenvalue weighted by Gasteiger charge is 2.38. The van der Waals surface area contributed by atoms with Gasteiger partial charge in [-0.1, -0.05) is 18.2 Å². The number of amides is 1. The van der Waals surface area contributed by atoms with Crippen molar-refractivity contribution in [2.45, 2.75) is 32.3 Å². The molecule has 4 nitrogen and oxygen atoms in total. The summed E-state index contributed by atoms with van der Waals surface area (Å²) in [6.07, 6.45) is 3.76. The van der Waals surface area contributed by atoms with Crippen LogP contribution >= 0.6 is 0 Å². The molecule has 4 rings (SSSR count). The predicted molar refractivity (Wildman–Crippen MR) is 113 cm³/mol. The normalized spacial score (nSPS) is 17.3. The SMILES string of the molecule is CCN(CC)C(=O)c1ccc(C2=CC3(CCNCC3)Oc3cccc(F)c32)cc1. The number of fused-ring (bicyclic) bond motifs is 1. The summed E-state index contributed by atoms with van der Waals surface area (Å²) >= 11 is 0. The molecule has 0 bridgehead atoms. The average Bonchev–Trinajstić information content (AvgIpc) is 2.74. The molecule has 0 radical (unpaired) electrons. The fourth-order valence-electron chi connectivity index (χ4n) is 4.24. The van der Waals surface area contributed by atoms with E-state index in [4.69, 9.17) is 4.74 Å². The molecule has 1 spiro atoms. The van der Waals surface area contributed by atoms with Crippen LogP contribution in [-0.4, -0.2) is 42.6 Å². The first-order chi connectivity index (χ1) is 14.1. The maximum absolute atomic E-state index is 14.8. The van der Waals surface area contributed by atoms with Crippen LogP contribution in [0.5, 0.6) is 5.75 Å². The van der Waals surface area contributed by atoms with E-state index in [0.717, 1.165) is 37.1 Å². The molecular formula is C24H27FN2O2. The summed E-state index contributed by atoms with van der Waals surface area (Å²) in [7, 11) is 0. The van der Waals surface area contributed by atoms with Crippen LogP contribution in [-0.2, 0) is 0 Å². The minimum Gasteiger partial charge on any atom is -0.482 e. The Balaban J connectivity index is 1.74. The second-order valence-electron chi connectivity index (χ2n) is 7.64. The van der Waals surface area contributed by atoms with Crippen molar-refractivity contribution in [3.8, 4) is 5.75 Å². The van der Waals surface area contributed by atoms with Crippen molar-refractivity contribution in [2.75, 3.05) is 26.2 Å². The fourth-order valence-corrected chi connectivity index (χ4v) is 4.24. The fraction of sp³-hybridized carbons (Fsp3) is 0.375. The summed E-state index contributed by atoms with van der Waals surface area (Å²) in [5.41, 5.74) is 2.47. The lowest BCUT2D eigenvalue weighted by atomic mass is 9.83. The molecule has 2 aromatic carbocycles. The van der Waals surface area contributed by atoms with E-state index in [1.54, 1.807) is 11.0 Å². The van der Waals surface area contributed by atoms with E-state index < -0.39 is 5.60 Å². The number of hydrogen-bond donors (Lipinski definition) is 1. The van der Waals surface area contributed by atoms with Crippen LogP contribution in [0.25, 0.3) is 5.57 Å². The van der Waals surface area contributed by atoms with E-state index in [9.17, 15) is 9.18 Å². The van der Waals surface area contributed by atoms with Gasteiger partial charge in [-0.3, -0.25) is 4.79 Å². The third-order valence-electron chi connectivity index (χ3n) is 5.91. The van der Waals surface area contributed by atoms with E-state index in [0.29, 0.717) is 30.0 Å². The molecule has 152 valence electrons. The minimum absolute atomic E-state index is 0.0175. The summed E-state index contributed by atoms with van der Waals surface area (Å²) in [6, 6.07) is 12.5. The monoisotopic (exact) mass is 394 g/mol. The average molecular weight is 394 g/mol. The predicted octanol–water partition coefficient (Wildman–Crippen LogP) is 4.25. The molecule has 0 aromatic heterocycles. The second kappa shape index (κ2) is 7.99. The Hall–Kier alpha value is -2.66. The molecule has 1 N–H and O–H groups in total. The zero-order chi connectivity index (χ0) is 20.4. The molecule has 2 aliphatic heterocycles. The van der Waals surface area contributed by atoms with Crippen LogP contribution in [0.3, 0.4) is 0 Å². The molecule has 0 atom stereocenters. The first-order valence-corrected chi connectivity index (χ1v) is 10.4. The van der Waals surface area contributed by atoms with Gasteiger partial charge in [-0.25, -0.2) is 4.39 Å². The highest BCUT2D eigenvalue weighted by Crippen LogP contribution is 2.43. The third kappa shape index (κ3) is 3.67. The zero-order valence-corrected chi connectivity index (χ0v) is 17.0. The van der Waals surface area contributed by atoms with Gasteiger partial charge in [0.05, 0.1) is 5.56 Å². The number of carbonyl (C=O) groups is 1. The largest absolute Gasteiger partial charge is 0.482 e. The van der Waals surface area contributed by atoms with Crippen LogP contribution < -0.4 is 10.1 Å². The van der Waals surface area contributed by atoms with Crippen LogP contribution in [0.2, 0.25) is 0 Å². The molecular weight excluding hydrogens is 367 g/mol. The smallest absolute Gasteiger partial charge is 0.253 e. The first-order valence-electron chi connectivity index (χ1n) is 10.4. The summed E-state index contributed by atoms with van der Waals surface area (Å²) in [5.74, 6) is 0.317. The van der Waals surface area contributed by atoms with E-state index in [2.05, 4.69) is 11.4 Å². The molecule has 29 heavy (non-hydrogen) atoms. The second-order valence-corrected chi connectivity index (χ2v) is 7.64. The Morgan fingerprint density at radius 2 is 1.79 bits per heavy atom. The third-order valence-corrected chi connectivity index (χ3v) is 5.91. The van der Waals surface area contributed by atoms with Crippen molar-refractivity contribution in [3.63, 3.8) is 0 Å². The lowest BCUT2D eigenvalue weighted by Gasteiger charge is -2.40. The van der Waals surface area contributed by atoms with E-state index in [1.807, 2.05) is 44.2 Å². The zero-order valence-electron chi connectivity index (χ0n) is 17.0. The molecule has 0 unspecified atom stereocenters. The first kappa shape index (κ1) is 19.6. The summed E-state index contributed by atoms with van der Waals surface area (Å²) < 4.78 is 21.1. The van der Waals surface area contributed by atoms with Crippen LogP contribution in [0, 0.1) is 5.82 Å². The molecule has 2 heterocycles. The van der Waals surface area contributed by atoms with Crippen molar-refractivity contribution >= 4 is 11.5 Å². The van der Waals surface area contributed by atoms with Gasteiger partial charge in [0.1, 0.15) is 17.2 Å². The quantitative estimate of drug-likeness (QED) is 0.843. The van der Waals surface area contributed by atoms with Crippen LogP contribution in [0.15, 0.2) is 48.5 Å². The van der Waals surface area contributed by atoms with Gasteiger partial charge in [0.25, 0.3) is 5.91 Å². The Morgan fingerprint density at radius 1 is 1.10 bits per heavy atom. The van der Waals surface area contributed by atoms with Gasteiger partial charge in [0.2, 0.25) is 0 Å². The van der Waals surface area contributed by atoms with Gasteiger partial charge < -0.3 is 15.0 Å². The molecule has 1 fully saturated rings. The molecule has 2 aromatic rings. The van der Waals surface area contributed by atoms with E-state index in [-0.39, 0.29) is 11.7 Å². The van der Waals surface area contributed by atoms with Crippen molar-refractivity contribution in [3.05, 3.63) is 71.0 Å². The maximum Gasteiger partial charge on any atom is 0.253 e. The lowest BCUT2D eigenvalue weighted by Crippen LogP contribution is -2.46. The molecule has 0 saturated carbocycles. The van der Waals surface area contributed by atoms with Gasteiger partial charge in [0, 0.05) is 31.5 Å². The maximum atomic E-state index is 14.8. The Kier molecular flexibility index (Phi) is 5.41. The van der Waals surface area contributed by atoms with E-state index in [1.165, 1.54) is 6.07 Å². The number of halogens is 1. The highest BCUT2D eigenvalue weighted by atomic mass is 19.1. The van der Waals surface area contributed by atoms with Crippen LogP contribution in [0.4, 0.5) is 4.39 Å². The number of hydrogen-bond acceptors (Lipinski definition) is 3.